The first-order valence-corrected chi connectivity index (χ1v) is 5.31. The van der Waals surface area contributed by atoms with Gasteiger partial charge in [-0.1, -0.05) is 6.92 Å². The number of aromatic amines is 1. The third-order valence-electron chi connectivity index (χ3n) is 2.64. The molecular formula is C10H18N4. The van der Waals surface area contributed by atoms with E-state index in [4.69, 9.17) is 0 Å². The minimum atomic E-state index is -0.127. The number of nitrogens with one attached hydrogen (secondary N) is 2. The first-order chi connectivity index (χ1) is 6.63. The van der Waals surface area contributed by atoms with Gasteiger partial charge in [0.1, 0.15) is 5.82 Å². The summed E-state index contributed by atoms with van der Waals surface area (Å²) in [4.78, 5) is 4.53. The number of aromatic nitrogens is 3. The Morgan fingerprint density at radius 2 is 2.21 bits per heavy atom. The molecule has 0 bridgehead atoms. The van der Waals surface area contributed by atoms with Crippen molar-refractivity contribution in [3.05, 3.63) is 11.6 Å². The van der Waals surface area contributed by atoms with Crippen molar-refractivity contribution >= 4 is 0 Å². The summed E-state index contributed by atoms with van der Waals surface area (Å²) in [7, 11) is 0. The van der Waals surface area contributed by atoms with E-state index in [0.29, 0.717) is 5.92 Å². The Hall–Kier alpha value is -0.900. The van der Waals surface area contributed by atoms with E-state index in [1.165, 1.54) is 12.8 Å². The highest BCUT2D eigenvalue weighted by Gasteiger charge is 2.30. The highest BCUT2D eigenvalue weighted by molar-refractivity contribution is 5.09. The molecule has 0 unspecified atom stereocenters. The van der Waals surface area contributed by atoms with Crippen LogP contribution in [0.3, 0.4) is 0 Å². The molecular weight excluding hydrogens is 176 g/mol. The van der Waals surface area contributed by atoms with E-state index in [1.807, 2.05) is 0 Å². The van der Waals surface area contributed by atoms with Crippen LogP contribution in [0.4, 0.5) is 0 Å². The average Bonchev–Trinajstić information content (AvgIpc) is 2.83. The van der Waals surface area contributed by atoms with Gasteiger partial charge in [0.2, 0.25) is 0 Å². The fraction of sp³-hybridized carbons (Fsp3) is 0.800. The van der Waals surface area contributed by atoms with Gasteiger partial charge in [-0.2, -0.15) is 5.10 Å². The molecule has 2 N–H and O–H groups in total. The molecule has 1 aromatic rings. The maximum Gasteiger partial charge on any atom is 0.170 e. The third-order valence-corrected chi connectivity index (χ3v) is 2.64. The average molecular weight is 194 g/mol. The molecule has 1 heterocycles. The van der Waals surface area contributed by atoms with Gasteiger partial charge in [0, 0.05) is 5.92 Å². The zero-order chi connectivity index (χ0) is 10.2. The molecule has 4 nitrogen and oxygen atoms in total. The van der Waals surface area contributed by atoms with Crippen molar-refractivity contribution < 1.29 is 0 Å². The summed E-state index contributed by atoms with van der Waals surface area (Å²) < 4.78 is 0. The van der Waals surface area contributed by atoms with Gasteiger partial charge in [0.15, 0.2) is 5.82 Å². The van der Waals surface area contributed by atoms with Crippen molar-refractivity contribution in [1.82, 2.24) is 20.5 Å². The van der Waals surface area contributed by atoms with Crippen LogP contribution in [-0.4, -0.2) is 21.7 Å². The number of rotatable bonds is 4. The van der Waals surface area contributed by atoms with Crippen LogP contribution in [0.2, 0.25) is 0 Å². The van der Waals surface area contributed by atoms with E-state index in [9.17, 15) is 0 Å². The largest absolute Gasteiger partial charge is 0.305 e. The predicted molar refractivity (Wildman–Crippen MR) is 55.1 cm³/mol. The number of hydrogen-bond donors (Lipinski definition) is 2. The maximum absolute atomic E-state index is 4.53. The van der Waals surface area contributed by atoms with E-state index in [2.05, 4.69) is 41.3 Å². The summed E-state index contributed by atoms with van der Waals surface area (Å²) in [6.45, 7) is 7.24. The van der Waals surface area contributed by atoms with Crippen LogP contribution in [0.25, 0.3) is 0 Å². The summed E-state index contributed by atoms with van der Waals surface area (Å²) >= 11 is 0. The van der Waals surface area contributed by atoms with Gasteiger partial charge in [-0.05, 0) is 33.2 Å². The van der Waals surface area contributed by atoms with Crippen molar-refractivity contribution in [3.8, 4) is 0 Å². The van der Waals surface area contributed by atoms with E-state index in [1.54, 1.807) is 0 Å². The van der Waals surface area contributed by atoms with Crippen LogP contribution < -0.4 is 5.32 Å². The minimum Gasteiger partial charge on any atom is -0.305 e. The van der Waals surface area contributed by atoms with Crippen molar-refractivity contribution in [2.24, 2.45) is 0 Å². The molecule has 0 spiro atoms. The Balaban J connectivity index is 2.14. The van der Waals surface area contributed by atoms with Crippen LogP contribution >= 0.6 is 0 Å². The Morgan fingerprint density at radius 1 is 1.50 bits per heavy atom. The molecule has 1 saturated carbocycles. The number of H-pyrrole nitrogens is 1. The second-order valence-electron chi connectivity index (χ2n) is 4.47. The molecule has 0 saturated heterocycles. The van der Waals surface area contributed by atoms with Gasteiger partial charge >= 0.3 is 0 Å². The summed E-state index contributed by atoms with van der Waals surface area (Å²) in [6.07, 6.45) is 2.52. The van der Waals surface area contributed by atoms with Crippen molar-refractivity contribution in [1.29, 1.82) is 0 Å². The lowest BCUT2D eigenvalue weighted by atomic mass is 10.1. The quantitative estimate of drug-likeness (QED) is 0.764. The molecule has 14 heavy (non-hydrogen) atoms. The van der Waals surface area contributed by atoms with E-state index >= 15 is 0 Å². The molecule has 0 aliphatic heterocycles. The Labute approximate surface area is 84.5 Å². The molecule has 4 heteroatoms. The molecule has 0 aromatic carbocycles. The van der Waals surface area contributed by atoms with Crippen molar-refractivity contribution in [3.63, 3.8) is 0 Å². The van der Waals surface area contributed by atoms with Gasteiger partial charge in [0.25, 0.3) is 0 Å². The highest BCUT2D eigenvalue weighted by Crippen LogP contribution is 2.38. The molecule has 78 valence electrons. The first kappa shape index (κ1) is 9.65. The zero-order valence-electron chi connectivity index (χ0n) is 9.09. The highest BCUT2D eigenvalue weighted by atomic mass is 15.2. The number of nitrogens with zero attached hydrogens (tertiary/aromatic N) is 2. The Bertz CT molecular complexity index is 312. The number of hydrogen-bond acceptors (Lipinski definition) is 3. The molecule has 1 fully saturated rings. The lowest BCUT2D eigenvalue weighted by Crippen LogP contribution is -2.37. The molecule has 1 aliphatic carbocycles. The molecule has 1 aliphatic rings. The molecule has 0 amide bonds. The lowest BCUT2D eigenvalue weighted by molar-refractivity contribution is 0.392. The smallest absolute Gasteiger partial charge is 0.170 e. The predicted octanol–water partition coefficient (Wildman–Crippen LogP) is 1.53. The van der Waals surface area contributed by atoms with Crippen LogP contribution in [0.15, 0.2) is 0 Å². The maximum atomic E-state index is 4.53. The second kappa shape index (κ2) is 3.35. The standard InChI is InChI=1S/C10H18N4/c1-4-11-10(2,3)9-12-8(13-14-9)7-5-6-7/h7,11H,4-6H2,1-3H3,(H,12,13,14). The summed E-state index contributed by atoms with van der Waals surface area (Å²) in [5.74, 6) is 2.58. The topological polar surface area (TPSA) is 53.6 Å². The van der Waals surface area contributed by atoms with Crippen LogP contribution in [0.1, 0.15) is 51.2 Å². The molecule has 0 radical (unpaired) electrons. The molecule has 0 atom stereocenters. The first-order valence-electron chi connectivity index (χ1n) is 5.31. The van der Waals surface area contributed by atoms with Gasteiger partial charge < -0.3 is 5.32 Å². The van der Waals surface area contributed by atoms with Gasteiger partial charge in [0.05, 0.1) is 5.54 Å². The summed E-state index contributed by atoms with van der Waals surface area (Å²) in [5.41, 5.74) is -0.127. The summed E-state index contributed by atoms with van der Waals surface area (Å²) in [5, 5.41) is 10.7. The van der Waals surface area contributed by atoms with E-state index in [-0.39, 0.29) is 5.54 Å². The van der Waals surface area contributed by atoms with Crippen LogP contribution in [0.5, 0.6) is 0 Å². The van der Waals surface area contributed by atoms with E-state index in [0.717, 1.165) is 18.2 Å². The van der Waals surface area contributed by atoms with Crippen LogP contribution in [-0.2, 0) is 5.54 Å². The SMILES string of the molecule is CCNC(C)(C)c1n[nH]c(C2CC2)n1. The lowest BCUT2D eigenvalue weighted by Gasteiger charge is -2.21. The fourth-order valence-corrected chi connectivity index (χ4v) is 1.61. The minimum absolute atomic E-state index is 0.127. The second-order valence-corrected chi connectivity index (χ2v) is 4.47. The van der Waals surface area contributed by atoms with E-state index < -0.39 is 0 Å². The van der Waals surface area contributed by atoms with Gasteiger partial charge in [-0.25, -0.2) is 4.98 Å². The van der Waals surface area contributed by atoms with Gasteiger partial charge in [-0.3, -0.25) is 5.10 Å². The Kier molecular flexibility index (Phi) is 2.31. The van der Waals surface area contributed by atoms with Crippen molar-refractivity contribution in [2.45, 2.75) is 45.1 Å². The van der Waals surface area contributed by atoms with Crippen LogP contribution in [0, 0.1) is 0 Å². The molecule has 1 aromatic heterocycles. The van der Waals surface area contributed by atoms with Crippen molar-refractivity contribution in [2.75, 3.05) is 6.54 Å². The summed E-state index contributed by atoms with van der Waals surface area (Å²) in [6, 6.07) is 0. The monoisotopic (exact) mass is 194 g/mol. The normalized spacial score (nSPS) is 17.4. The zero-order valence-corrected chi connectivity index (χ0v) is 9.09. The Morgan fingerprint density at radius 3 is 2.79 bits per heavy atom. The third kappa shape index (κ3) is 1.80. The molecule has 2 rings (SSSR count). The fourth-order valence-electron chi connectivity index (χ4n) is 1.61. The van der Waals surface area contributed by atoms with Gasteiger partial charge in [-0.15, -0.1) is 0 Å².